The molecule has 0 bridgehead atoms. The van der Waals surface area contributed by atoms with E-state index < -0.39 is 23.8 Å². The van der Waals surface area contributed by atoms with Crippen LogP contribution in [0.25, 0.3) is 10.1 Å². The zero-order valence-electron chi connectivity index (χ0n) is 15.0. The van der Waals surface area contributed by atoms with Crippen molar-refractivity contribution < 1.29 is 23.5 Å². The van der Waals surface area contributed by atoms with Gasteiger partial charge in [0.05, 0.1) is 12.8 Å². The van der Waals surface area contributed by atoms with Gasteiger partial charge >= 0.3 is 5.97 Å². The van der Waals surface area contributed by atoms with E-state index in [0.29, 0.717) is 21.5 Å². The molecule has 140 valence electrons. The van der Waals surface area contributed by atoms with E-state index >= 15 is 0 Å². The molecule has 0 spiro atoms. The van der Waals surface area contributed by atoms with Crippen LogP contribution < -0.4 is 10.1 Å². The maximum absolute atomic E-state index is 13.8. The fourth-order valence-corrected chi connectivity index (χ4v) is 3.51. The Bertz CT molecular complexity index is 1010. The van der Waals surface area contributed by atoms with Gasteiger partial charge in [-0.25, -0.2) is 9.18 Å². The topological polar surface area (TPSA) is 64.6 Å². The van der Waals surface area contributed by atoms with E-state index in [1.165, 1.54) is 26.2 Å². The summed E-state index contributed by atoms with van der Waals surface area (Å²) >= 11 is 1.12. The van der Waals surface area contributed by atoms with Crippen molar-refractivity contribution in [3.05, 3.63) is 58.7 Å². The number of aryl methyl sites for hydroxylation is 1. The normalized spacial score (nSPS) is 11.9. The molecule has 0 radical (unpaired) electrons. The van der Waals surface area contributed by atoms with Crippen molar-refractivity contribution in [1.82, 2.24) is 0 Å². The number of hydrogen-bond acceptors (Lipinski definition) is 5. The predicted octanol–water partition coefficient (Wildman–Crippen LogP) is 4.54. The zero-order valence-corrected chi connectivity index (χ0v) is 15.9. The summed E-state index contributed by atoms with van der Waals surface area (Å²) in [6.07, 6.45) is -1.03. The first-order valence-electron chi connectivity index (χ1n) is 8.23. The monoisotopic (exact) mass is 387 g/mol. The number of carbonyl (C=O) groups is 2. The highest BCUT2D eigenvalue weighted by Gasteiger charge is 2.22. The Morgan fingerprint density at radius 1 is 1.19 bits per heavy atom. The van der Waals surface area contributed by atoms with Gasteiger partial charge in [0.1, 0.15) is 16.4 Å². The smallest absolute Gasteiger partial charge is 0.349 e. The summed E-state index contributed by atoms with van der Waals surface area (Å²) < 4.78 is 24.9. The highest BCUT2D eigenvalue weighted by molar-refractivity contribution is 7.20. The number of ether oxygens (including phenoxy) is 2. The van der Waals surface area contributed by atoms with Crippen LogP contribution in [0, 0.1) is 12.7 Å². The summed E-state index contributed by atoms with van der Waals surface area (Å²) in [5, 5.41) is 3.05. The van der Waals surface area contributed by atoms with Gasteiger partial charge in [-0.15, -0.1) is 11.3 Å². The number of nitrogens with one attached hydrogen (secondary N) is 1. The molecule has 3 rings (SSSR count). The number of amides is 1. The molecule has 1 heterocycles. The summed E-state index contributed by atoms with van der Waals surface area (Å²) in [5.74, 6) is -1.05. The van der Waals surface area contributed by atoms with Gasteiger partial charge in [0.15, 0.2) is 6.10 Å². The van der Waals surface area contributed by atoms with Crippen molar-refractivity contribution in [1.29, 1.82) is 0 Å². The van der Waals surface area contributed by atoms with E-state index in [-0.39, 0.29) is 4.88 Å². The van der Waals surface area contributed by atoms with Gasteiger partial charge in [0, 0.05) is 10.1 Å². The van der Waals surface area contributed by atoms with Gasteiger partial charge in [0.25, 0.3) is 5.91 Å². The second-order valence-electron chi connectivity index (χ2n) is 6.00. The summed E-state index contributed by atoms with van der Waals surface area (Å²) in [4.78, 5) is 25.0. The molecule has 5 nitrogen and oxygen atoms in total. The highest BCUT2D eigenvalue weighted by Crippen LogP contribution is 2.29. The lowest BCUT2D eigenvalue weighted by Crippen LogP contribution is -2.30. The van der Waals surface area contributed by atoms with E-state index in [9.17, 15) is 14.0 Å². The lowest BCUT2D eigenvalue weighted by Gasteiger charge is -2.15. The molecular weight excluding hydrogens is 369 g/mol. The van der Waals surface area contributed by atoms with Crippen molar-refractivity contribution in [3.8, 4) is 5.75 Å². The maximum Gasteiger partial charge on any atom is 0.349 e. The minimum Gasteiger partial charge on any atom is -0.495 e. The minimum atomic E-state index is -1.03. The van der Waals surface area contributed by atoms with Gasteiger partial charge in [0.2, 0.25) is 0 Å². The Morgan fingerprint density at radius 2 is 1.96 bits per heavy atom. The molecule has 2 aromatic carbocycles. The summed E-state index contributed by atoms with van der Waals surface area (Å²) in [6.45, 7) is 3.36. The largest absolute Gasteiger partial charge is 0.495 e. The minimum absolute atomic E-state index is 0.239. The van der Waals surface area contributed by atoms with E-state index in [1.54, 1.807) is 24.3 Å². The van der Waals surface area contributed by atoms with Crippen molar-refractivity contribution in [2.75, 3.05) is 12.4 Å². The molecule has 0 unspecified atom stereocenters. The Balaban J connectivity index is 1.71. The van der Waals surface area contributed by atoms with Crippen LogP contribution in [0.5, 0.6) is 5.75 Å². The van der Waals surface area contributed by atoms with Gasteiger partial charge in [-0.1, -0.05) is 12.1 Å². The van der Waals surface area contributed by atoms with Crippen LogP contribution in [0.2, 0.25) is 0 Å². The number of hydrogen-bond donors (Lipinski definition) is 1. The second-order valence-corrected chi connectivity index (χ2v) is 7.09. The molecule has 7 heteroatoms. The van der Waals surface area contributed by atoms with Crippen molar-refractivity contribution in [3.63, 3.8) is 0 Å². The van der Waals surface area contributed by atoms with Gasteiger partial charge < -0.3 is 14.8 Å². The third-order valence-electron chi connectivity index (χ3n) is 3.98. The van der Waals surface area contributed by atoms with E-state index in [2.05, 4.69) is 5.32 Å². The molecular formula is C20H18FNO4S. The number of rotatable bonds is 5. The fraction of sp³-hybridized carbons (Fsp3) is 0.200. The van der Waals surface area contributed by atoms with Crippen LogP contribution in [0.1, 0.15) is 22.2 Å². The summed E-state index contributed by atoms with van der Waals surface area (Å²) in [6, 6.07) is 11.4. The number of carbonyl (C=O) groups excluding carboxylic acids is 2. The number of methoxy groups -OCH3 is 1. The predicted molar refractivity (Wildman–Crippen MR) is 103 cm³/mol. The first kappa shape index (κ1) is 18.8. The third-order valence-corrected chi connectivity index (χ3v) is 5.06. The Hall–Kier alpha value is -2.93. The van der Waals surface area contributed by atoms with E-state index in [1.807, 2.05) is 13.0 Å². The number of halogens is 1. The standard InChI is InChI=1S/C20H18FNO4S/c1-11-7-8-16(25-3)15(9-11)22-19(23)12(2)26-20(24)18-10-13-14(21)5-4-6-17(13)27-18/h4-10,12H,1-3H3,(H,22,23)/t12-/m0/s1. The van der Waals surface area contributed by atoms with Crippen LogP contribution in [-0.4, -0.2) is 25.1 Å². The fourth-order valence-electron chi connectivity index (χ4n) is 2.55. The molecule has 0 aliphatic rings. The number of fused-ring (bicyclic) bond motifs is 1. The van der Waals surface area contributed by atoms with Crippen LogP contribution >= 0.6 is 11.3 Å². The molecule has 0 saturated carbocycles. The number of benzene rings is 2. The van der Waals surface area contributed by atoms with Crippen molar-refractivity contribution in [2.45, 2.75) is 20.0 Å². The van der Waals surface area contributed by atoms with Crippen LogP contribution in [0.15, 0.2) is 42.5 Å². The van der Waals surface area contributed by atoms with E-state index in [4.69, 9.17) is 9.47 Å². The molecule has 3 aromatic rings. The lowest BCUT2D eigenvalue weighted by molar-refractivity contribution is -0.123. The summed E-state index contributed by atoms with van der Waals surface area (Å²) in [7, 11) is 1.50. The number of thiophene rings is 1. The maximum atomic E-state index is 13.8. The molecule has 0 aliphatic carbocycles. The highest BCUT2D eigenvalue weighted by atomic mass is 32.1. The Kier molecular flexibility index (Phi) is 5.41. The molecule has 0 fully saturated rings. The molecule has 1 amide bonds. The van der Waals surface area contributed by atoms with Crippen LogP contribution in [0.4, 0.5) is 10.1 Å². The van der Waals surface area contributed by atoms with Crippen molar-refractivity contribution >= 4 is 39.0 Å². The van der Waals surface area contributed by atoms with Gasteiger partial charge in [-0.3, -0.25) is 4.79 Å². The van der Waals surface area contributed by atoms with Crippen LogP contribution in [0.3, 0.4) is 0 Å². The third kappa shape index (κ3) is 4.09. The molecule has 27 heavy (non-hydrogen) atoms. The molecule has 1 N–H and O–H groups in total. The first-order chi connectivity index (χ1) is 12.9. The summed E-state index contributed by atoms with van der Waals surface area (Å²) in [5.41, 5.74) is 1.44. The quantitative estimate of drug-likeness (QED) is 0.653. The lowest BCUT2D eigenvalue weighted by atomic mass is 10.2. The number of esters is 1. The SMILES string of the molecule is COc1ccc(C)cc1NC(=O)[C@H](C)OC(=O)c1cc2c(F)cccc2s1. The van der Waals surface area contributed by atoms with Gasteiger partial charge in [-0.05, 0) is 49.7 Å². The second kappa shape index (κ2) is 7.75. The van der Waals surface area contributed by atoms with Gasteiger partial charge in [-0.2, -0.15) is 0 Å². The molecule has 0 aliphatic heterocycles. The number of anilines is 1. The average molecular weight is 387 g/mol. The molecule has 0 saturated heterocycles. The first-order valence-corrected chi connectivity index (χ1v) is 9.05. The zero-order chi connectivity index (χ0) is 19.6. The van der Waals surface area contributed by atoms with Crippen molar-refractivity contribution in [2.24, 2.45) is 0 Å². The molecule has 1 atom stereocenters. The molecule has 1 aromatic heterocycles. The Labute approximate surface area is 159 Å². The Morgan fingerprint density at radius 3 is 2.67 bits per heavy atom. The van der Waals surface area contributed by atoms with Crippen LogP contribution in [-0.2, 0) is 9.53 Å². The van der Waals surface area contributed by atoms with E-state index in [0.717, 1.165) is 16.9 Å². The average Bonchev–Trinajstić information content (AvgIpc) is 3.08.